The Bertz CT molecular complexity index is 569. The van der Waals surface area contributed by atoms with Crippen molar-refractivity contribution in [1.82, 2.24) is 0 Å². The van der Waals surface area contributed by atoms with Crippen LogP contribution in [0.1, 0.15) is 88.2 Å². The first-order chi connectivity index (χ1) is 13.2. The van der Waals surface area contributed by atoms with Crippen LogP contribution in [0, 0.1) is 12.3 Å². The van der Waals surface area contributed by atoms with E-state index in [2.05, 4.69) is 30.7 Å². The van der Waals surface area contributed by atoms with Crippen molar-refractivity contribution in [2.75, 3.05) is 0 Å². The van der Waals surface area contributed by atoms with Gasteiger partial charge >= 0.3 is 5.97 Å². The number of carbonyl (C=O) groups excluding carboxylic acids is 1. The van der Waals surface area contributed by atoms with Crippen LogP contribution in [0.3, 0.4) is 0 Å². The summed E-state index contributed by atoms with van der Waals surface area (Å²) in [5.74, 6) is 0.765. The average Bonchev–Trinajstić information content (AvgIpc) is 2.73. The molecule has 3 rings (SSSR count). The zero-order valence-electron chi connectivity index (χ0n) is 16.7. The first kappa shape index (κ1) is 20.4. The Morgan fingerprint density at radius 1 is 1.07 bits per heavy atom. The summed E-state index contributed by atoms with van der Waals surface area (Å²) in [4.78, 5) is 11.6. The lowest BCUT2D eigenvalue weighted by molar-refractivity contribution is -0.156. The molecule has 0 aromatic heterocycles. The molecule has 27 heavy (non-hydrogen) atoms. The minimum atomic E-state index is -1.47. The van der Waals surface area contributed by atoms with Crippen LogP contribution < -0.4 is 0 Å². The molecule has 1 aromatic rings. The number of ether oxygens (including phenoxy) is 1. The second-order valence-corrected chi connectivity index (χ2v) is 8.38. The fraction of sp³-hybridized carbons (Fsp3) is 0.667. The lowest BCUT2D eigenvalue weighted by Crippen LogP contribution is -2.28. The average molecular weight is 374 g/mol. The molecule has 1 radical (unpaired) electrons. The van der Waals surface area contributed by atoms with Crippen molar-refractivity contribution in [3.63, 3.8) is 0 Å². The first-order valence-electron chi connectivity index (χ1n) is 10.9. The molecule has 2 fully saturated rings. The highest BCUT2D eigenvalue weighted by Gasteiger charge is 2.27. The smallest absolute Gasteiger partial charge is 0.340 e. The monoisotopic (exact) mass is 373 g/mol. The summed E-state index contributed by atoms with van der Waals surface area (Å²) in [5.41, 5.74) is 2.84. The number of rotatable bonds is 7. The van der Waals surface area contributed by atoms with Crippen LogP contribution in [-0.2, 0) is 16.0 Å². The van der Waals surface area contributed by atoms with E-state index in [1.54, 1.807) is 6.92 Å². The van der Waals surface area contributed by atoms with E-state index in [9.17, 15) is 9.18 Å². The highest BCUT2D eigenvalue weighted by atomic mass is 19.1. The van der Waals surface area contributed by atoms with Crippen LogP contribution in [0.2, 0.25) is 0 Å². The topological polar surface area (TPSA) is 26.3 Å². The van der Waals surface area contributed by atoms with Gasteiger partial charge in [0.1, 0.15) is 6.10 Å². The molecular formula is C24H34FO2. The molecule has 149 valence electrons. The van der Waals surface area contributed by atoms with Gasteiger partial charge in [0.2, 0.25) is 0 Å². The third-order valence-electron chi connectivity index (χ3n) is 6.42. The van der Waals surface area contributed by atoms with Crippen molar-refractivity contribution < 1.29 is 13.9 Å². The number of hydrogen-bond acceptors (Lipinski definition) is 2. The highest BCUT2D eigenvalue weighted by Crippen LogP contribution is 2.34. The quantitative estimate of drug-likeness (QED) is 0.522. The van der Waals surface area contributed by atoms with E-state index in [4.69, 9.17) is 4.74 Å². The maximum Gasteiger partial charge on any atom is 0.340 e. The summed E-state index contributed by atoms with van der Waals surface area (Å²) < 4.78 is 18.7. The SMILES string of the molecule is CC[C@H](F)C(=O)OC1CCC(c2ccc(CCC3CC[CH]CC3)cc2)CC1. The fourth-order valence-corrected chi connectivity index (χ4v) is 4.53. The number of benzene rings is 1. The van der Waals surface area contributed by atoms with Gasteiger partial charge < -0.3 is 4.74 Å². The molecule has 0 unspecified atom stereocenters. The second-order valence-electron chi connectivity index (χ2n) is 8.38. The number of esters is 1. The Morgan fingerprint density at radius 2 is 1.74 bits per heavy atom. The van der Waals surface area contributed by atoms with Gasteiger partial charge in [0.25, 0.3) is 0 Å². The van der Waals surface area contributed by atoms with Gasteiger partial charge in [0.15, 0.2) is 6.17 Å². The molecule has 1 aromatic carbocycles. The maximum atomic E-state index is 13.4. The Hall–Kier alpha value is -1.38. The van der Waals surface area contributed by atoms with Crippen LogP contribution in [0.25, 0.3) is 0 Å². The maximum absolute atomic E-state index is 13.4. The Labute approximate surface area is 163 Å². The number of carbonyl (C=O) groups is 1. The normalized spacial score (nSPS) is 25.1. The van der Waals surface area contributed by atoms with Gasteiger partial charge in [-0.1, -0.05) is 44.0 Å². The van der Waals surface area contributed by atoms with Crippen molar-refractivity contribution in [1.29, 1.82) is 0 Å². The molecule has 0 bridgehead atoms. The van der Waals surface area contributed by atoms with E-state index in [1.807, 2.05) is 0 Å². The third-order valence-corrected chi connectivity index (χ3v) is 6.42. The van der Waals surface area contributed by atoms with Gasteiger partial charge in [-0.15, -0.1) is 0 Å². The van der Waals surface area contributed by atoms with E-state index in [1.165, 1.54) is 49.7 Å². The van der Waals surface area contributed by atoms with Crippen molar-refractivity contribution >= 4 is 5.97 Å². The molecule has 1 atom stereocenters. The van der Waals surface area contributed by atoms with Crippen molar-refractivity contribution in [2.24, 2.45) is 5.92 Å². The predicted molar refractivity (Wildman–Crippen MR) is 107 cm³/mol. The molecule has 0 heterocycles. The summed E-state index contributed by atoms with van der Waals surface area (Å²) in [7, 11) is 0. The number of alkyl halides is 1. The van der Waals surface area contributed by atoms with Gasteiger partial charge in [-0.3, -0.25) is 0 Å². The van der Waals surface area contributed by atoms with E-state index in [-0.39, 0.29) is 12.5 Å². The molecule has 0 saturated heterocycles. The molecule has 0 N–H and O–H groups in total. The standard InChI is InChI=1S/C24H34FO2/c1-2-23(25)24(26)27-22-16-14-21(15-17-22)20-12-10-19(11-13-20)9-8-18-6-4-3-5-7-18/h3,10-13,18,21-23H,2,4-9,14-17H2,1H3/t21?,22?,23-/m0/s1. The Kier molecular flexibility index (Phi) is 7.72. The number of aryl methyl sites for hydroxylation is 1. The lowest BCUT2D eigenvalue weighted by Gasteiger charge is -2.29. The second kappa shape index (κ2) is 10.2. The largest absolute Gasteiger partial charge is 0.460 e. The molecular weight excluding hydrogens is 339 g/mol. The molecule has 0 spiro atoms. The van der Waals surface area contributed by atoms with Crippen LogP contribution in [0.15, 0.2) is 24.3 Å². The van der Waals surface area contributed by atoms with Crippen LogP contribution in [-0.4, -0.2) is 18.2 Å². The zero-order valence-corrected chi connectivity index (χ0v) is 16.7. The third kappa shape index (κ3) is 6.05. The summed E-state index contributed by atoms with van der Waals surface area (Å²) in [6.45, 7) is 1.67. The van der Waals surface area contributed by atoms with Gasteiger partial charge in [-0.05, 0) is 87.2 Å². The van der Waals surface area contributed by atoms with Crippen molar-refractivity contribution in [2.45, 2.75) is 95.7 Å². The summed E-state index contributed by atoms with van der Waals surface area (Å²) in [6.07, 6.45) is 12.6. The molecule has 2 saturated carbocycles. The van der Waals surface area contributed by atoms with Crippen molar-refractivity contribution in [3.8, 4) is 0 Å². The van der Waals surface area contributed by atoms with E-state index in [0.29, 0.717) is 5.92 Å². The van der Waals surface area contributed by atoms with Gasteiger partial charge in [0.05, 0.1) is 0 Å². The van der Waals surface area contributed by atoms with Crippen LogP contribution in [0.5, 0.6) is 0 Å². The number of halogens is 1. The van der Waals surface area contributed by atoms with Crippen molar-refractivity contribution in [3.05, 3.63) is 41.8 Å². The first-order valence-corrected chi connectivity index (χ1v) is 10.9. The summed E-state index contributed by atoms with van der Waals surface area (Å²) in [5, 5.41) is 0. The van der Waals surface area contributed by atoms with Gasteiger partial charge in [-0.2, -0.15) is 0 Å². The minimum Gasteiger partial charge on any atom is -0.460 e. The molecule has 0 aliphatic heterocycles. The van der Waals surface area contributed by atoms with Crippen LogP contribution >= 0.6 is 0 Å². The number of hydrogen-bond donors (Lipinski definition) is 0. The molecule has 3 heteroatoms. The molecule has 0 amide bonds. The van der Waals surface area contributed by atoms with Gasteiger partial charge in [0, 0.05) is 0 Å². The summed E-state index contributed by atoms with van der Waals surface area (Å²) in [6, 6.07) is 9.17. The summed E-state index contributed by atoms with van der Waals surface area (Å²) >= 11 is 0. The van der Waals surface area contributed by atoms with Crippen LogP contribution in [0.4, 0.5) is 4.39 Å². The molecule has 2 nitrogen and oxygen atoms in total. The highest BCUT2D eigenvalue weighted by molar-refractivity contribution is 5.74. The molecule has 2 aliphatic carbocycles. The predicted octanol–water partition coefficient (Wildman–Crippen LogP) is 6.33. The molecule has 2 aliphatic rings. The van der Waals surface area contributed by atoms with Gasteiger partial charge in [-0.25, -0.2) is 9.18 Å². The fourth-order valence-electron chi connectivity index (χ4n) is 4.53. The minimum absolute atomic E-state index is 0.106. The van der Waals surface area contributed by atoms with E-state index < -0.39 is 12.1 Å². The Morgan fingerprint density at radius 3 is 2.37 bits per heavy atom. The lowest BCUT2D eigenvalue weighted by atomic mass is 9.82. The van der Waals surface area contributed by atoms with E-state index in [0.717, 1.165) is 31.6 Å². The Balaban J connectivity index is 1.42. The zero-order chi connectivity index (χ0) is 19.1. The van der Waals surface area contributed by atoms with E-state index >= 15 is 0 Å².